The predicted molar refractivity (Wildman–Crippen MR) is 144 cm³/mol. The van der Waals surface area contributed by atoms with Gasteiger partial charge in [0.05, 0.1) is 42.1 Å². The first-order chi connectivity index (χ1) is 19.3. The Labute approximate surface area is 237 Å². The third-order valence-corrected chi connectivity index (χ3v) is 8.77. The van der Waals surface area contributed by atoms with Gasteiger partial charge in [-0.1, -0.05) is 19.1 Å². The van der Waals surface area contributed by atoms with E-state index in [1.54, 1.807) is 13.8 Å². The molecule has 2 aromatic carbocycles. The highest BCUT2D eigenvalue weighted by Gasteiger charge is 2.53. The zero-order valence-corrected chi connectivity index (χ0v) is 23.6. The minimum absolute atomic E-state index is 0.0382. The third-order valence-electron chi connectivity index (χ3n) is 8.77. The van der Waals surface area contributed by atoms with Gasteiger partial charge in [-0.2, -0.15) is 0 Å². The van der Waals surface area contributed by atoms with Crippen LogP contribution in [-0.2, 0) is 19.0 Å². The molecule has 4 N–H and O–H groups in total. The van der Waals surface area contributed by atoms with Crippen molar-refractivity contribution < 1.29 is 49.0 Å². The van der Waals surface area contributed by atoms with Gasteiger partial charge in [0.2, 0.25) is 5.78 Å². The highest BCUT2D eigenvalue weighted by atomic mass is 16.7. The van der Waals surface area contributed by atoms with Crippen LogP contribution in [0.3, 0.4) is 0 Å². The van der Waals surface area contributed by atoms with Crippen molar-refractivity contribution in [1.29, 1.82) is 0 Å². The fraction of sp³-hybridized carbons (Fsp3) is 0.500. The number of carbonyl (C=O) groups is 3. The van der Waals surface area contributed by atoms with Crippen LogP contribution in [0.5, 0.6) is 11.5 Å². The fourth-order valence-electron chi connectivity index (χ4n) is 6.50. The topological polar surface area (TPSA) is 163 Å². The summed E-state index contributed by atoms with van der Waals surface area (Å²) in [7, 11) is 4.82. The molecule has 3 aliphatic rings. The van der Waals surface area contributed by atoms with Crippen LogP contribution in [0.2, 0.25) is 0 Å². The third kappa shape index (κ3) is 4.52. The lowest BCUT2D eigenvalue weighted by atomic mass is 9.67. The van der Waals surface area contributed by atoms with E-state index in [4.69, 9.17) is 14.2 Å². The number of likely N-dealkylation sites (N-methyl/N-ethyl adjacent to an activating group) is 1. The minimum atomic E-state index is -1.69. The van der Waals surface area contributed by atoms with Crippen molar-refractivity contribution in [2.75, 3.05) is 21.2 Å². The number of benzene rings is 2. The number of ketones is 2. The smallest absolute Gasteiger partial charge is 0.316 e. The first-order valence-corrected chi connectivity index (χ1v) is 13.6. The van der Waals surface area contributed by atoms with Crippen LogP contribution in [0.4, 0.5) is 0 Å². The maximum atomic E-state index is 13.6. The summed E-state index contributed by atoms with van der Waals surface area (Å²) in [6, 6.07) is 5.14. The van der Waals surface area contributed by atoms with Gasteiger partial charge >= 0.3 is 5.97 Å². The van der Waals surface area contributed by atoms with Crippen LogP contribution in [0, 0.1) is 0 Å². The number of fused-ring (bicyclic) bond motifs is 3. The number of ether oxygens (including phenoxy) is 3. The molecule has 5 rings (SSSR count). The molecule has 41 heavy (non-hydrogen) atoms. The summed E-state index contributed by atoms with van der Waals surface area (Å²) < 4.78 is 17.3. The summed E-state index contributed by atoms with van der Waals surface area (Å²) in [5, 5.41) is 44.5. The number of aliphatic hydroxyl groups is 2. The molecular formula is C30H35NO10. The van der Waals surface area contributed by atoms with Crippen molar-refractivity contribution in [1.82, 2.24) is 4.90 Å². The number of hydrogen-bond acceptors (Lipinski definition) is 11. The maximum absolute atomic E-state index is 13.6. The summed E-state index contributed by atoms with van der Waals surface area (Å²) in [5.41, 5.74) is -2.27. The monoisotopic (exact) mass is 569 g/mol. The molecule has 2 aliphatic carbocycles. The molecule has 0 unspecified atom stereocenters. The number of methoxy groups -OCH3 is 1. The van der Waals surface area contributed by atoms with Crippen molar-refractivity contribution in [2.24, 2.45) is 0 Å². The lowest BCUT2D eigenvalue weighted by molar-refractivity contribution is -0.258. The highest BCUT2D eigenvalue weighted by molar-refractivity contribution is 6.30. The quantitative estimate of drug-likeness (QED) is 0.333. The molecule has 0 aromatic heterocycles. The van der Waals surface area contributed by atoms with E-state index < -0.39 is 65.2 Å². The number of phenols is 2. The Morgan fingerprint density at radius 1 is 1.15 bits per heavy atom. The summed E-state index contributed by atoms with van der Waals surface area (Å²) >= 11 is 0. The molecule has 7 atom stereocenters. The van der Waals surface area contributed by atoms with E-state index in [1.165, 1.54) is 31.4 Å². The number of phenolic OH excluding ortho intramolecular Hbond substituents is 2. The predicted octanol–water partition coefficient (Wildman–Crippen LogP) is 2.16. The minimum Gasteiger partial charge on any atom is -0.507 e. The van der Waals surface area contributed by atoms with E-state index in [0.29, 0.717) is 0 Å². The molecule has 0 radical (unpaired) electrons. The second-order valence-electron chi connectivity index (χ2n) is 11.3. The number of carbonyl (C=O) groups excluding carboxylic acids is 3. The van der Waals surface area contributed by atoms with Crippen molar-refractivity contribution in [3.8, 4) is 11.5 Å². The van der Waals surface area contributed by atoms with Crippen LogP contribution >= 0.6 is 0 Å². The standard InChI is InChI=1S/C30H35NO10/c1-6-30(38)12-19(41-20-11-17(31(3)4)25(33)13(2)40-20)22-15(24(30)29(37)39-5)10-16-23(28(22)36)27(35)21-14(26(16)34)8-7-9-18(21)32/h7-10,13,17,19-20,24-25,32-33,36,38H,6,11-12H2,1-5H3/t13-,17+,19-,20+,24-,25+,30+/m0/s1. The Morgan fingerprint density at radius 2 is 1.85 bits per heavy atom. The molecule has 0 amide bonds. The molecule has 220 valence electrons. The molecule has 1 fully saturated rings. The first kappa shape index (κ1) is 29.2. The Bertz CT molecular complexity index is 1420. The van der Waals surface area contributed by atoms with Gasteiger partial charge in [0.1, 0.15) is 17.4 Å². The number of nitrogens with zero attached hydrogens (tertiary/aromatic N) is 1. The second kappa shape index (κ2) is 10.5. The molecule has 1 saturated heterocycles. The molecule has 1 aliphatic heterocycles. The average Bonchev–Trinajstić information content (AvgIpc) is 2.92. The molecule has 2 aromatic rings. The normalized spacial score (nSPS) is 30.9. The molecule has 11 nitrogen and oxygen atoms in total. The van der Waals surface area contributed by atoms with E-state index >= 15 is 0 Å². The van der Waals surface area contributed by atoms with Gasteiger partial charge in [0.15, 0.2) is 12.1 Å². The van der Waals surface area contributed by atoms with Gasteiger partial charge in [-0.25, -0.2) is 0 Å². The van der Waals surface area contributed by atoms with Crippen molar-refractivity contribution in [2.45, 2.75) is 75.3 Å². The van der Waals surface area contributed by atoms with Gasteiger partial charge in [0.25, 0.3) is 0 Å². The maximum Gasteiger partial charge on any atom is 0.316 e. The zero-order chi connectivity index (χ0) is 30.0. The highest BCUT2D eigenvalue weighted by Crippen LogP contribution is 2.54. The second-order valence-corrected chi connectivity index (χ2v) is 11.3. The van der Waals surface area contributed by atoms with E-state index in [0.717, 1.165) is 0 Å². The molecule has 0 spiro atoms. The number of aliphatic hydroxyl groups excluding tert-OH is 1. The van der Waals surface area contributed by atoms with Crippen LogP contribution in [-0.4, -0.2) is 94.2 Å². The van der Waals surface area contributed by atoms with Crippen LogP contribution < -0.4 is 0 Å². The van der Waals surface area contributed by atoms with Crippen molar-refractivity contribution >= 4 is 17.5 Å². The Hall–Kier alpha value is -3.35. The number of esters is 1. The molecule has 0 bridgehead atoms. The Morgan fingerprint density at radius 3 is 2.49 bits per heavy atom. The zero-order valence-electron chi connectivity index (χ0n) is 23.6. The van der Waals surface area contributed by atoms with Crippen LogP contribution in [0.25, 0.3) is 0 Å². The van der Waals surface area contributed by atoms with Gasteiger partial charge in [0, 0.05) is 35.6 Å². The fourth-order valence-corrected chi connectivity index (χ4v) is 6.50. The average molecular weight is 570 g/mol. The number of rotatable bonds is 5. The number of hydrogen-bond donors (Lipinski definition) is 4. The molecular weight excluding hydrogens is 534 g/mol. The Kier molecular flexibility index (Phi) is 7.46. The first-order valence-electron chi connectivity index (χ1n) is 13.6. The van der Waals surface area contributed by atoms with E-state index in [-0.39, 0.29) is 58.7 Å². The summed E-state index contributed by atoms with van der Waals surface area (Å²) in [5.74, 6) is -4.42. The van der Waals surface area contributed by atoms with Gasteiger partial charge in [-0.15, -0.1) is 0 Å². The lowest BCUT2D eigenvalue weighted by Crippen LogP contribution is -2.54. The molecule has 11 heteroatoms. The molecule has 0 saturated carbocycles. The summed E-state index contributed by atoms with van der Waals surface area (Å²) in [6.45, 7) is 3.41. The van der Waals surface area contributed by atoms with Gasteiger partial charge in [-0.3, -0.25) is 14.4 Å². The summed E-state index contributed by atoms with van der Waals surface area (Å²) in [4.78, 5) is 42.1. The van der Waals surface area contributed by atoms with E-state index in [2.05, 4.69) is 0 Å². The van der Waals surface area contributed by atoms with Crippen LogP contribution in [0.1, 0.15) is 88.1 Å². The van der Waals surface area contributed by atoms with Crippen molar-refractivity contribution in [3.05, 3.63) is 57.6 Å². The van der Waals surface area contributed by atoms with Gasteiger partial charge < -0.3 is 39.5 Å². The SMILES string of the molecule is CC[C@@]1(O)C[C@H](O[C@@H]2C[C@@H](N(C)C)[C@H](O)[C@H](C)O2)c2c(cc3c(c2O)C(=O)c2c(O)cccc2C3=O)[C@H]1C(=O)OC. The van der Waals surface area contributed by atoms with Gasteiger partial charge in [-0.05, 0) is 45.1 Å². The van der Waals surface area contributed by atoms with E-state index in [1.807, 2.05) is 19.0 Å². The largest absolute Gasteiger partial charge is 0.507 e. The Balaban J connectivity index is 1.69. The van der Waals surface area contributed by atoms with Crippen molar-refractivity contribution in [3.63, 3.8) is 0 Å². The number of aromatic hydroxyl groups is 2. The van der Waals surface area contributed by atoms with E-state index in [9.17, 15) is 34.8 Å². The lowest BCUT2D eigenvalue weighted by Gasteiger charge is -2.46. The van der Waals surface area contributed by atoms with Crippen LogP contribution in [0.15, 0.2) is 24.3 Å². The summed E-state index contributed by atoms with van der Waals surface area (Å²) in [6.07, 6.45) is -3.09. The molecule has 1 heterocycles.